The summed E-state index contributed by atoms with van der Waals surface area (Å²) >= 11 is 0. The molecule has 15 heteroatoms. The number of allylic oxidation sites excluding steroid dienone is 14. The van der Waals surface area contributed by atoms with Crippen molar-refractivity contribution in [2.45, 2.75) is 185 Å². The average molecular weight is 897 g/mol. The topological polar surface area (TPSA) is 230 Å². The van der Waals surface area contributed by atoms with Gasteiger partial charge in [0.2, 0.25) is 0 Å². The Balaban J connectivity index is 2.55. The van der Waals surface area contributed by atoms with E-state index in [1.54, 1.807) is 6.92 Å². The van der Waals surface area contributed by atoms with Crippen molar-refractivity contribution in [3.05, 3.63) is 85.1 Å². The fourth-order valence-corrected chi connectivity index (χ4v) is 7.04. The maximum atomic E-state index is 12.8. The number of hydrogen-bond donors (Lipinski definition) is 7. The zero-order chi connectivity index (χ0) is 45.9. The molecule has 1 rings (SSSR count). The van der Waals surface area contributed by atoms with Gasteiger partial charge in [-0.2, -0.15) is 0 Å². The van der Waals surface area contributed by atoms with Gasteiger partial charge in [-0.25, -0.2) is 4.57 Å². The Morgan fingerprint density at radius 2 is 0.984 bits per heavy atom. The molecule has 9 atom stereocenters. The highest BCUT2D eigenvalue weighted by molar-refractivity contribution is 7.47. The highest BCUT2D eigenvalue weighted by atomic mass is 31.2. The fraction of sp³-hybridized carbons (Fsp3) is 0.660. The Labute approximate surface area is 370 Å². The van der Waals surface area contributed by atoms with Crippen LogP contribution in [0, 0.1) is 0 Å². The molecule has 0 radical (unpaired) electrons. The van der Waals surface area contributed by atoms with Crippen molar-refractivity contribution in [1.29, 1.82) is 0 Å². The van der Waals surface area contributed by atoms with Crippen LogP contribution in [-0.4, -0.2) is 110 Å². The van der Waals surface area contributed by atoms with Gasteiger partial charge in [0, 0.05) is 12.8 Å². The van der Waals surface area contributed by atoms with Crippen molar-refractivity contribution in [3.63, 3.8) is 0 Å². The van der Waals surface area contributed by atoms with E-state index in [9.17, 15) is 49.7 Å². The standard InChI is InChI=1S/C47H77O14P/c1-3-4-5-6-7-8-9-10-12-17-20-23-26-29-32-35-41(50)60-39(37-59-62(56,57)61-47-45(54)43(52)42(51)44(53)46(47)55)36-58-40(49)34-31-28-25-22-19-16-14-11-13-15-18-21-24-27-30-33-38(2)48/h7-8,10,12-16,20-25,38-39,42-48,51-55H,3-6,9,11,17-19,26-37H2,1-2H3,(H,56,57)/b8-7-,12-10-,15-13-,16-14-,23-20-,24-21-,25-22-/t38-,39-,42?,43-,44+,45-,46-,47?/m1/s1. The van der Waals surface area contributed by atoms with E-state index in [-0.39, 0.29) is 18.9 Å². The maximum Gasteiger partial charge on any atom is 0.472 e. The molecule has 3 unspecified atom stereocenters. The van der Waals surface area contributed by atoms with E-state index in [0.29, 0.717) is 25.7 Å². The molecule has 1 aliphatic carbocycles. The van der Waals surface area contributed by atoms with Gasteiger partial charge in [-0.3, -0.25) is 18.6 Å². The van der Waals surface area contributed by atoms with Crippen molar-refractivity contribution in [3.8, 4) is 0 Å². The molecule has 0 saturated heterocycles. The summed E-state index contributed by atoms with van der Waals surface area (Å²) in [6.45, 7) is 2.72. The van der Waals surface area contributed by atoms with Crippen molar-refractivity contribution < 1.29 is 68.2 Å². The quantitative estimate of drug-likeness (QED) is 0.0142. The zero-order valence-corrected chi connectivity index (χ0v) is 37.9. The van der Waals surface area contributed by atoms with Gasteiger partial charge in [-0.05, 0) is 103 Å². The molecule has 0 amide bonds. The van der Waals surface area contributed by atoms with Crippen LogP contribution in [0.2, 0.25) is 0 Å². The maximum absolute atomic E-state index is 12.8. The second kappa shape index (κ2) is 36.3. The highest BCUT2D eigenvalue weighted by Gasteiger charge is 2.51. The summed E-state index contributed by atoms with van der Waals surface area (Å²) < 4.78 is 33.4. The molecule has 0 aromatic heterocycles. The largest absolute Gasteiger partial charge is 0.472 e. The molecular formula is C47H77O14P. The van der Waals surface area contributed by atoms with Crippen LogP contribution < -0.4 is 0 Å². The monoisotopic (exact) mass is 897 g/mol. The Morgan fingerprint density at radius 3 is 1.47 bits per heavy atom. The van der Waals surface area contributed by atoms with Crippen molar-refractivity contribution in [2.75, 3.05) is 13.2 Å². The Kier molecular flexibility index (Phi) is 33.4. The molecule has 1 saturated carbocycles. The lowest BCUT2D eigenvalue weighted by Gasteiger charge is -2.41. The molecule has 7 N–H and O–H groups in total. The van der Waals surface area contributed by atoms with Crippen LogP contribution in [0.15, 0.2) is 85.1 Å². The third kappa shape index (κ3) is 29.4. The van der Waals surface area contributed by atoms with Crippen LogP contribution in [0.5, 0.6) is 0 Å². The summed E-state index contributed by atoms with van der Waals surface area (Å²) in [7, 11) is -5.15. The van der Waals surface area contributed by atoms with Gasteiger partial charge in [0.1, 0.15) is 43.2 Å². The van der Waals surface area contributed by atoms with E-state index >= 15 is 0 Å². The van der Waals surface area contributed by atoms with E-state index < -0.39 is 75.7 Å². The van der Waals surface area contributed by atoms with E-state index in [4.69, 9.17) is 18.5 Å². The minimum atomic E-state index is -5.15. The minimum Gasteiger partial charge on any atom is -0.462 e. The first-order valence-corrected chi connectivity index (χ1v) is 23.9. The molecule has 0 aromatic carbocycles. The zero-order valence-electron chi connectivity index (χ0n) is 37.0. The summed E-state index contributed by atoms with van der Waals surface area (Å²) in [6.07, 6.45) is 30.6. The normalized spacial score (nSPS) is 23.2. The summed E-state index contributed by atoms with van der Waals surface area (Å²) in [5.74, 6) is -1.24. The highest BCUT2D eigenvalue weighted by Crippen LogP contribution is 2.47. The number of carbonyl (C=O) groups excluding carboxylic acids is 2. The summed E-state index contributed by atoms with van der Waals surface area (Å²) in [4.78, 5) is 35.6. The Morgan fingerprint density at radius 1 is 0.565 bits per heavy atom. The second-order valence-electron chi connectivity index (χ2n) is 15.5. The molecule has 14 nitrogen and oxygen atoms in total. The average Bonchev–Trinajstić information content (AvgIpc) is 3.24. The van der Waals surface area contributed by atoms with Crippen LogP contribution >= 0.6 is 7.82 Å². The molecule has 0 aromatic rings. The lowest BCUT2D eigenvalue weighted by molar-refractivity contribution is -0.220. The predicted octanol–water partition coefficient (Wildman–Crippen LogP) is 7.47. The van der Waals surface area contributed by atoms with Crippen molar-refractivity contribution in [2.24, 2.45) is 0 Å². The molecule has 0 aliphatic heterocycles. The molecule has 0 spiro atoms. The number of ether oxygens (including phenoxy) is 2. The summed E-state index contributed by atoms with van der Waals surface area (Å²) in [5, 5.41) is 59.4. The lowest BCUT2D eigenvalue weighted by atomic mass is 9.85. The van der Waals surface area contributed by atoms with Gasteiger partial charge in [0.15, 0.2) is 6.10 Å². The summed E-state index contributed by atoms with van der Waals surface area (Å²) in [5.41, 5.74) is 0. The first kappa shape index (κ1) is 57.0. The Bertz CT molecular complexity index is 1420. The molecule has 0 heterocycles. The molecule has 62 heavy (non-hydrogen) atoms. The number of rotatable bonds is 35. The Hall–Kier alpha value is -3.01. The van der Waals surface area contributed by atoms with E-state index in [1.165, 1.54) is 19.3 Å². The van der Waals surface area contributed by atoms with Gasteiger partial charge in [-0.15, -0.1) is 0 Å². The number of hydrogen-bond acceptors (Lipinski definition) is 13. The van der Waals surface area contributed by atoms with Crippen LogP contribution in [0.1, 0.15) is 136 Å². The molecule has 354 valence electrons. The number of aliphatic hydroxyl groups excluding tert-OH is 6. The minimum absolute atomic E-state index is 0.0251. The number of aliphatic hydroxyl groups is 6. The fourth-order valence-electron chi connectivity index (χ4n) is 6.07. The number of esters is 2. The van der Waals surface area contributed by atoms with E-state index in [0.717, 1.165) is 64.2 Å². The first-order chi connectivity index (χ1) is 29.8. The van der Waals surface area contributed by atoms with Gasteiger partial charge >= 0.3 is 19.8 Å². The van der Waals surface area contributed by atoms with Gasteiger partial charge in [0.25, 0.3) is 0 Å². The SMILES string of the molecule is CCCCC/C=C\C/C=C\C/C=C\CCCCC(=O)O[C@H](COC(=O)CCC/C=C\C/C=C\C/C=C\C/C=C\CCC[C@@H](C)O)COP(=O)(O)OC1[C@H](O)[C@H](O)C(O)[C@H](O)[C@H]1O. The van der Waals surface area contributed by atoms with E-state index in [1.807, 2.05) is 18.2 Å². The van der Waals surface area contributed by atoms with E-state index in [2.05, 4.69) is 73.8 Å². The van der Waals surface area contributed by atoms with Gasteiger partial charge in [0.05, 0.1) is 12.7 Å². The van der Waals surface area contributed by atoms with Gasteiger partial charge < -0.3 is 45.0 Å². The predicted molar refractivity (Wildman–Crippen MR) is 241 cm³/mol. The molecule has 0 bridgehead atoms. The van der Waals surface area contributed by atoms with Crippen LogP contribution in [-0.2, 0) is 32.7 Å². The summed E-state index contributed by atoms with van der Waals surface area (Å²) in [6, 6.07) is 0. The number of phosphoric ester groups is 1. The number of phosphoric acid groups is 1. The van der Waals surface area contributed by atoms with Crippen molar-refractivity contribution in [1.82, 2.24) is 0 Å². The lowest BCUT2D eigenvalue weighted by Crippen LogP contribution is -2.64. The second-order valence-corrected chi connectivity index (χ2v) is 16.9. The van der Waals surface area contributed by atoms with Crippen molar-refractivity contribution >= 4 is 19.8 Å². The third-order valence-corrected chi connectivity index (χ3v) is 10.7. The number of carbonyl (C=O) groups is 2. The first-order valence-electron chi connectivity index (χ1n) is 22.4. The molecular weight excluding hydrogens is 819 g/mol. The smallest absolute Gasteiger partial charge is 0.462 e. The molecule has 1 fully saturated rings. The van der Waals surface area contributed by atoms with Gasteiger partial charge in [-0.1, -0.05) is 105 Å². The number of unbranched alkanes of at least 4 members (excludes halogenated alkanes) is 7. The third-order valence-electron chi connectivity index (χ3n) is 9.73. The molecule has 1 aliphatic rings. The van der Waals surface area contributed by atoms with Crippen LogP contribution in [0.4, 0.5) is 0 Å². The van der Waals surface area contributed by atoms with Crippen LogP contribution in [0.3, 0.4) is 0 Å². The van der Waals surface area contributed by atoms with Crippen LogP contribution in [0.25, 0.3) is 0 Å².